The molecule has 0 aromatic carbocycles. The van der Waals surface area contributed by atoms with E-state index >= 15 is 0 Å². The SMILES string of the molecule is CC(C)c1noc(-c2ccnc(-n3cnc(C(=O)N4CCCC4)c3)c2)n1. The second kappa shape index (κ2) is 6.70. The van der Waals surface area contributed by atoms with Gasteiger partial charge in [-0.1, -0.05) is 19.0 Å². The van der Waals surface area contributed by atoms with E-state index in [9.17, 15) is 4.79 Å². The maximum atomic E-state index is 12.4. The molecule has 0 saturated carbocycles. The van der Waals surface area contributed by atoms with E-state index in [0.717, 1.165) is 31.5 Å². The predicted molar refractivity (Wildman–Crippen MR) is 93.9 cm³/mol. The molecule has 134 valence electrons. The van der Waals surface area contributed by atoms with Gasteiger partial charge in [-0.05, 0) is 25.0 Å². The van der Waals surface area contributed by atoms with Crippen LogP contribution in [-0.2, 0) is 0 Å². The number of hydrogen-bond acceptors (Lipinski definition) is 6. The van der Waals surface area contributed by atoms with Gasteiger partial charge in [0.25, 0.3) is 11.8 Å². The Balaban J connectivity index is 1.59. The van der Waals surface area contributed by atoms with Crippen molar-refractivity contribution in [1.82, 2.24) is 29.6 Å². The minimum Gasteiger partial charge on any atom is -0.337 e. The molecule has 0 aliphatic carbocycles. The summed E-state index contributed by atoms with van der Waals surface area (Å²) in [7, 11) is 0. The lowest BCUT2D eigenvalue weighted by atomic mass is 10.2. The Morgan fingerprint density at radius 1 is 1.23 bits per heavy atom. The number of carbonyl (C=O) groups is 1. The fraction of sp³-hybridized carbons (Fsp3) is 0.389. The van der Waals surface area contributed by atoms with Crippen LogP contribution in [0.2, 0.25) is 0 Å². The van der Waals surface area contributed by atoms with Gasteiger partial charge in [0.2, 0.25) is 0 Å². The van der Waals surface area contributed by atoms with Crippen molar-refractivity contribution in [2.45, 2.75) is 32.6 Å². The minimum atomic E-state index is -0.0316. The van der Waals surface area contributed by atoms with Crippen molar-refractivity contribution in [3.63, 3.8) is 0 Å². The number of amides is 1. The number of aromatic nitrogens is 5. The first-order valence-electron chi connectivity index (χ1n) is 8.75. The molecule has 0 radical (unpaired) electrons. The van der Waals surface area contributed by atoms with Crippen LogP contribution < -0.4 is 0 Å². The van der Waals surface area contributed by atoms with E-state index in [1.54, 1.807) is 23.3 Å². The lowest BCUT2D eigenvalue weighted by Crippen LogP contribution is -2.27. The van der Waals surface area contributed by atoms with Crippen molar-refractivity contribution in [2.24, 2.45) is 0 Å². The van der Waals surface area contributed by atoms with Crippen LogP contribution in [0.3, 0.4) is 0 Å². The normalized spacial score (nSPS) is 14.3. The Morgan fingerprint density at radius 2 is 2.04 bits per heavy atom. The standard InChI is InChI=1S/C18H20N6O2/c1-12(2)16-21-17(26-22-16)13-5-6-19-15(9-13)24-10-14(20-11-24)18(25)23-7-3-4-8-23/h5-6,9-12H,3-4,7-8H2,1-2H3. The second-order valence-corrected chi connectivity index (χ2v) is 6.68. The molecule has 8 nitrogen and oxygen atoms in total. The molecule has 26 heavy (non-hydrogen) atoms. The Labute approximate surface area is 150 Å². The summed E-state index contributed by atoms with van der Waals surface area (Å²) < 4.78 is 7.07. The maximum Gasteiger partial charge on any atom is 0.274 e. The fourth-order valence-electron chi connectivity index (χ4n) is 2.92. The van der Waals surface area contributed by atoms with Crippen molar-refractivity contribution < 1.29 is 9.32 Å². The lowest BCUT2D eigenvalue weighted by molar-refractivity contribution is 0.0787. The smallest absolute Gasteiger partial charge is 0.274 e. The molecule has 0 N–H and O–H groups in total. The largest absolute Gasteiger partial charge is 0.337 e. The molecule has 8 heteroatoms. The summed E-state index contributed by atoms with van der Waals surface area (Å²) >= 11 is 0. The zero-order chi connectivity index (χ0) is 18.1. The molecule has 4 rings (SSSR count). The van der Waals surface area contributed by atoms with Crippen LogP contribution in [0.15, 0.2) is 35.4 Å². The summed E-state index contributed by atoms with van der Waals surface area (Å²) in [5, 5.41) is 3.99. The van der Waals surface area contributed by atoms with Crippen molar-refractivity contribution >= 4 is 5.91 Å². The van der Waals surface area contributed by atoms with Gasteiger partial charge in [0, 0.05) is 37.0 Å². The van der Waals surface area contributed by atoms with E-state index in [0.29, 0.717) is 23.2 Å². The van der Waals surface area contributed by atoms with E-state index in [1.165, 1.54) is 0 Å². The van der Waals surface area contributed by atoms with Crippen LogP contribution in [0.5, 0.6) is 0 Å². The van der Waals surface area contributed by atoms with Crippen LogP contribution in [0.1, 0.15) is 48.9 Å². The highest BCUT2D eigenvalue weighted by Gasteiger charge is 2.21. The van der Waals surface area contributed by atoms with Crippen LogP contribution >= 0.6 is 0 Å². The van der Waals surface area contributed by atoms with Gasteiger partial charge in [-0.3, -0.25) is 9.36 Å². The van der Waals surface area contributed by atoms with Gasteiger partial charge in [0.15, 0.2) is 5.82 Å². The second-order valence-electron chi connectivity index (χ2n) is 6.68. The van der Waals surface area contributed by atoms with E-state index in [-0.39, 0.29) is 11.8 Å². The number of rotatable bonds is 4. The molecule has 4 heterocycles. The van der Waals surface area contributed by atoms with E-state index in [1.807, 2.05) is 30.9 Å². The van der Waals surface area contributed by atoms with Crippen LogP contribution in [0.4, 0.5) is 0 Å². The van der Waals surface area contributed by atoms with Crippen LogP contribution in [0, 0.1) is 0 Å². The van der Waals surface area contributed by atoms with E-state index in [4.69, 9.17) is 4.52 Å². The summed E-state index contributed by atoms with van der Waals surface area (Å²) in [5.74, 6) is 1.92. The van der Waals surface area contributed by atoms with Crippen LogP contribution in [0.25, 0.3) is 17.3 Å². The highest BCUT2D eigenvalue weighted by Crippen LogP contribution is 2.21. The van der Waals surface area contributed by atoms with Crippen molar-refractivity contribution in [1.29, 1.82) is 0 Å². The molecule has 3 aromatic heterocycles. The summed E-state index contributed by atoms with van der Waals surface area (Å²) in [4.78, 5) is 27.3. The quantitative estimate of drug-likeness (QED) is 0.717. The molecule has 1 aliphatic heterocycles. The molecular weight excluding hydrogens is 332 g/mol. The summed E-state index contributed by atoms with van der Waals surface area (Å²) in [5.41, 5.74) is 1.20. The fourth-order valence-corrected chi connectivity index (χ4v) is 2.92. The van der Waals surface area contributed by atoms with Gasteiger partial charge in [0.05, 0.1) is 0 Å². The molecule has 1 aliphatic rings. The highest BCUT2D eigenvalue weighted by atomic mass is 16.5. The Bertz CT molecular complexity index is 923. The highest BCUT2D eigenvalue weighted by molar-refractivity contribution is 5.92. The van der Waals surface area contributed by atoms with Gasteiger partial charge in [-0.15, -0.1) is 0 Å². The van der Waals surface area contributed by atoms with Crippen molar-refractivity contribution in [3.8, 4) is 17.3 Å². The molecule has 0 unspecified atom stereocenters. The van der Waals surface area contributed by atoms with E-state index in [2.05, 4.69) is 20.1 Å². The zero-order valence-corrected chi connectivity index (χ0v) is 14.8. The molecule has 0 atom stereocenters. The predicted octanol–water partition coefficient (Wildman–Crippen LogP) is 2.68. The molecule has 1 fully saturated rings. The average molecular weight is 352 g/mol. The number of pyridine rings is 1. The zero-order valence-electron chi connectivity index (χ0n) is 14.8. The molecule has 0 bridgehead atoms. The van der Waals surface area contributed by atoms with Crippen LogP contribution in [-0.4, -0.2) is 48.6 Å². The monoisotopic (exact) mass is 352 g/mol. The summed E-state index contributed by atoms with van der Waals surface area (Å²) in [6.07, 6.45) is 7.09. The van der Waals surface area contributed by atoms with Gasteiger partial charge < -0.3 is 9.42 Å². The Morgan fingerprint density at radius 3 is 2.77 bits per heavy atom. The summed E-state index contributed by atoms with van der Waals surface area (Å²) in [6, 6.07) is 3.65. The lowest BCUT2D eigenvalue weighted by Gasteiger charge is -2.12. The average Bonchev–Trinajstić information content (AvgIpc) is 3.43. The third-order valence-corrected chi connectivity index (χ3v) is 4.41. The molecule has 1 amide bonds. The third-order valence-electron chi connectivity index (χ3n) is 4.41. The topological polar surface area (TPSA) is 89.9 Å². The Kier molecular flexibility index (Phi) is 4.24. The first kappa shape index (κ1) is 16.4. The third kappa shape index (κ3) is 3.10. The number of carbonyl (C=O) groups excluding carboxylic acids is 1. The number of hydrogen-bond donors (Lipinski definition) is 0. The van der Waals surface area contributed by atoms with Crippen molar-refractivity contribution in [3.05, 3.63) is 42.4 Å². The van der Waals surface area contributed by atoms with Gasteiger partial charge in [-0.25, -0.2) is 9.97 Å². The van der Waals surface area contributed by atoms with E-state index < -0.39 is 0 Å². The number of likely N-dealkylation sites (tertiary alicyclic amines) is 1. The van der Waals surface area contributed by atoms with Gasteiger partial charge >= 0.3 is 0 Å². The Hall–Kier alpha value is -3.03. The first-order valence-corrected chi connectivity index (χ1v) is 8.75. The molecule has 0 spiro atoms. The van der Waals surface area contributed by atoms with Gasteiger partial charge in [0.1, 0.15) is 17.8 Å². The van der Waals surface area contributed by atoms with Gasteiger partial charge in [-0.2, -0.15) is 4.98 Å². The van der Waals surface area contributed by atoms with Crippen molar-refractivity contribution in [2.75, 3.05) is 13.1 Å². The molecular formula is C18H20N6O2. The first-order chi connectivity index (χ1) is 12.6. The number of imidazole rings is 1. The maximum absolute atomic E-state index is 12.4. The summed E-state index contributed by atoms with van der Waals surface area (Å²) in [6.45, 7) is 5.62. The molecule has 3 aromatic rings. The molecule has 1 saturated heterocycles. The number of nitrogens with zero attached hydrogens (tertiary/aromatic N) is 6. The minimum absolute atomic E-state index is 0.0316.